The number of carbonyl (C=O) groups excluding carboxylic acids is 1. The molecule has 0 saturated carbocycles. The van der Waals surface area contributed by atoms with Gasteiger partial charge in [-0.2, -0.15) is 0 Å². The third-order valence-electron chi connectivity index (χ3n) is 4.78. The number of aromatic nitrogens is 1. The van der Waals surface area contributed by atoms with Gasteiger partial charge in [-0.1, -0.05) is 18.2 Å². The predicted molar refractivity (Wildman–Crippen MR) is 106 cm³/mol. The SMILES string of the molecule is [2H]c1cc2c3c(c(Br)[nH]c3c1)C[C@@H]1C2=C[C@@H](C(=O)N(C([2H])([2H])C([2H])([2H])[2H])C([2H])([2H])C([2H])([2H])[2H])CN1C([2H])([2H])[2H]. The second kappa shape index (κ2) is 6.29. The fourth-order valence-electron chi connectivity index (χ4n) is 3.67. The van der Waals surface area contributed by atoms with E-state index in [4.69, 9.17) is 19.2 Å². The normalized spacial score (nSPS) is 33.6. The molecule has 5 heteroatoms. The number of aromatic amines is 1. The lowest BCUT2D eigenvalue weighted by molar-refractivity contribution is -0.134. The van der Waals surface area contributed by atoms with E-state index < -0.39 is 63.0 Å². The lowest BCUT2D eigenvalue weighted by Crippen LogP contribution is -2.47. The Labute approximate surface area is 176 Å². The first kappa shape index (κ1) is 7.20. The summed E-state index contributed by atoms with van der Waals surface area (Å²) in [6.07, 6.45) is 1.50. The van der Waals surface area contributed by atoms with Crippen LogP contribution in [0.25, 0.3) is 16.5 Å². The van der Waals surface area contributed by atoms with Gasteiger partial charge >= 0.3 is 0 Å². The van der Waals surface area contributed by atoms with Crippen molar-refractivity contribution in [2.24, 2.45) is 5.92 Å². The summed E-state index contributed by atoms with van der Waals surface area (Å²) in [4.78, 5) is 17.5. The van der Waals surface area contributed by atoms with Gasteiger partial charge in [0.15, 0.2) is 0 Å². The zero-order valence-corrected chi connectivity index (χ0v) is 14.6. The van der Waals surface area contributed by atoms with Crippen molar-refractivity contribution in [3.8, 4) is 0 Å². The van der Waals surface area contributed by atoms with Crippen molar-refractivity contribution < 1.29 is 24.0 Å². The molecule has 1 amide bonds. The fraction of sp³-hybridized carbons (Fsp3) is 0.450. The number of benzene rings is 1. The van der Waals surface area contributed by atoms with Crippen LogP contribution in [0.3, 0.4) is 0 Å². The molecular formula is C20H24BrN3O. The maximum Gasteiger partial charge on any atom is 0.230 e. The van der Waals surface area contributed by atoms with Gasteiger partial charge in [-0.05, 0) is 65.8 Å². The Morgan fingerprint density at radius 3 is 3.12 bits per heavy atom. The van der Waals surface area contributed by atoms with Gasteiger partial charge in [-0.25, -0.2) is 0 Å². The van der Waals surface area contributed by atoms with Gasteiger partial charge < -0.3 is 9.88 Å². The summed E-state index contributed by atoms with van der Waals surface area (Å²) in [5.41, 5.74) is 2.06. The number of fused-ring (bicyclic) bond motifs is 2. The largest absolute Gasteiger partial charge is 0.349 e. The van der Waals surface area contributed by atoms with Gasteiger partial charge in [0.25, 0.3) is 0 Å². The first-order valence-electron chi connectivity index (χ1n) is 14.6. The zero-order chi connectivity index (χ0) is 29.7. The highest BCUT2D eigenvalue weighted by molar-refractivity contribution is 9.10. The first-order valence-corrected chi connectivity index (χ1v) is 8.43. The fourth-order valence-corrected chi connectivity index (χ4v) is 4.24. The van der Waals surface area contributed by atoms with Crippen molar-refractivity contribution in [2.45, 2.75) is 26.2 Å². The maximum absolute atomic E-state index is 13.8. The topological polar surface area (TPSA) is 39.3 Å². The van der Waals surface area contributed by atoms with Crippen molar-refractivity contribution >= 4 is 38.3 Å². The molecule has 1 aromatic carbocycles. The maximum atomic E-state index is 13.8. The lowest BCUT2D eigenvalue weighted by atomic mass is 9.79. The van der Waals surface area contributed by atoms with Crippen molar-refractivity contribution in [1.82, 2.24) is 14.8 Å². The molecule has 4 nitrogen and oxygen atoms in total. The van der Waals surface area contributed by atoms with Gasteiger partial charge in [-0.15, -0.1) is 0 Å². The summed E-state index contributed by atoms with van der Waals surface area (Å²) in [5.74, 6) is -3.16. The number of likely N-dealkylation sites (N-methyl/N-ethyl adjacent to an activating group) is 1. The molecule has 2 aliphatic rings. The molecule has 2 aromatic rings. The molecule has 0 fully saturated rings. The Kier molecular flexibility index (Phi) is 1.81. The molecule has 132 valence electrons. The molecule has 1 aliphatic heterocycles. The van der Waals surface area contributed by atoms with E-state index in [1.165, 1.54) is 12.1 Å². The van der Waals surface area contributed by atoms with Crippen LogP contribution in [0.1, 0.15) is 44.0 Å². The summed E-state index contributed by atoms with van der Waals surface area (Å²) in [5, 5.41) is 0.673. The Bertz CT molecular complexity index is 1330. The zero-order valence-electron chi connectivity index (χ0n) is 27.0. The van der Waals surface area contributed by atoms with Gasteiger partial charge in [0, 0.05) is 54.3 Å². The van der Waals surface area contributed by atoms with Crippen molar-refractivity contribution in [1.29, 1.82) is 0 Å². The Morgan fingerprint density at radius 1 is 1.52 bits per heavy atom. The van der Waals surface area contributed by atoms with Crippen LogP contribution in [0.5, 0.6) is 0 Å². The average Bonchev–Trinajstić information content (AvgIpc) is 3.05. The molecule has 1 aliphatic carbocycles. The second-order valence-corrected chi connectivity index (χ2v) is 6.87. The minimum absolute atomic E-state index is 0.0762. The van der Waals surface area contributed by atoms with Crippen molar-refractivity contribution in [3.63, 3.8) is 0 Å². The highest BCUT2D eigenvalue weighted by Gasteiger charge is 2.37. The molecule has 4 rings (SSSR count). The van der Waals surface area contributed by atoms with Gasteiger partial charge in [0.05, 0.1) is 11.9 Å². The summed E-state index contributed by atoms with van der Waals surface area (Å²) in [6.45, 7) is -18.2. The minimum atomic E-state index is -3.76. The van der Waals surface area contributed by atoms with Crippen molar-refractivity contribution in [2.75, 3.05) is 26.5 Å². The lowest BCUT2D eigenvalue weighted by Gasteiger charge is -2.40. The van der Waals surface area contributed by atoms with E-state index >= 15 is 0 Å². The molecule has 1 aromatic heterocycles. The van der Waals surface area contributed by atoms with E-state index in [0.29, 0.717) is 26.6 Å². The second-order valence-electron chi connectivity index (χ2n) is 6.07. The monoisotopic (exact) mass is 415 g/mol. The summed E-state index contributed by atoms with van der Waals surface area (Å²) in [7, 11) is 0. The van der Waals surface area contributed by atoms with Crippen LogP contribution >= 0.6 is 15.9 Å². The number of nitrogens with one attached hydrogen (secondary N) is 1. The third kappa shape index (κ3) is 2.56. The molecule has 25 heavy (non-hydrogen) atoms. The standard InChI is InChI=1S/C20H24BrN3O/c1-4-24(5-2)20(25)12-9-14-13-7-6-8-16-18(13)15(19(21)22-16)10-17(14)23(3)11-12/h6-9,12,17,22H,4-5,10-11H2,1-3H3/t12-,17-/m1/s1/i1D3,2D3,3D3,4D2,5D2,6D. The van der Waals surface area contributed by atoms with Crippen LogP contribution < -0.4 is 0 Å². The summed E-state index contributed by atoms with van der Waals surface area (Å²) >= 11 is 3.44. The van der Waals surface area contributed by atoms with E-state index in [2.05, 4.69) is 20.9 Å². The Balaban J connectivity index is 1.95. The molecule has 2 atom stereocenters. The van der Waals surface area contributed by atoms with Gasteiger partial charge in [0.2, 0.25) is 5.91 Å². The van der Waals surface area contributed by atoms with Gasteiger partial charge in [0.1, 0.15) is 0 Å². The molecule has 0 radical (unpaired) electrons. The first-order chi connectivity index (χ1) is 17.5. The van der Waals surface area contributed by atoms with Crippen LogP contribution in [0.2, 0.25) is 0 Å². The quantitative estimate of drug-likeness (QED) is 0.830. The van der Waals surface area contributed by atoms with Crippen LogP contribution in [0.4, 0.5) is 0 Å². The number of nitrogens with zero attached hydrogens (tertiary/aromatic N) is 2. The van der Waals surface area contributed by atoms with Gasteiger partial charge in [-0.3, -0.25) is 9.69 Å². The van der Waals surface area contributed by atoms with Crippen LogP contribution in [0.15, 0.2) is 28.9 Å². The van der Waals surface area contributed by atoms with E-state index in [-0.39, 0.29) is 12.5 Å². The number of amides is 1. The van der Waals surface area contributed by atoms with E-state index in [1.54, 1.807) is 6.07 Å². The highest BCUT2D eigenvalue weighted by Crippen LogP contribution is 2.43. The molecular weight excluding hydrogens is 378 g/mol. The Morgan fingerprint density at radius 2 is 2.36 bits per heavy atom. The van der Waals surface area contributed by atoms with Crippen LogP contribution in [-0.2, 0) is 11.2 Å². The smallest absolute Gasteiger partial charge is 0.230 e. The van der Waals surface area contributed by atoms with E-state index in [9.17, 15) is 4.79 Å². The predicted octanol–water partition coefficient (Wildman–Crippen LogP) is 3.67. The minimum Gasteiger partial charge on any atom is -0.349 e. The van der Waals surface area contributed by atoms with Crippen LogP contribution in [-0.4, -0.2) is 53.2 Å². The molecule has 2 heterocycles. The summed E-state index contributed by atoms with van der Waals surface area (Å²) < 4.78 is 111. The summed E-state index contributed by atoms with van der Waals surface area (Å²) in [6, 6.07) is 2.31. The Hall–Kier alpha value is -1.59. The average molecular weight is 416 g/mol. The number of hydrogen-bond acceptors (Lipinski definition) is 2. The number of H-pyrrole nitrogens is 1. The number of halogens is 1. The molecule has 0 unspecified atom stereocenters. The molecule has 0 bridgehead atoms. The van der Waals surface area contributed by atoms with Crippen molar-refractivity contribution in [3.05, 3.63) is 40.0 Å². The molecule has 1 N–H and O–H groups in total. The molecule has 0 saturated heterocycles. The van der Waals surface area contributed by atoms with E-state index in [1.807, 2.05) is 0 Å². The number of carbonyl (C=O) groups is 1. The van der Waals surface area contributed by atoms with E-state index in [0.717, 1.165) is 10.5 Å². The number of hydrogen-bond donors (Lipinski definition) is 1. The number of rotatable bonds is 3. The molecule has 0 spiro atoms. The third-order valence-corrected chi connectivity index (χ3v) is 5.46. The van der Waals surface area contributed by atoms with Crippen LogP contribution in [0, 0.1) is 5.92 Å². The highest BCUT2D eigenvalue weighted by atomic mass is 79.9.